The number of hydrazine groups is 1. The highest BCUT2D eigenvalue weighted by atomic mass is 32.2. The molecular formula is C16H14FN3O3S2. The third-order valence-corrected chi connectivity index (χ3v) is 6.05. The average Bonchev–Trinajstić information content (AvgIpc) is 3.04. The van der Waals surface area contributed by atoms with Crippen molar-refractivity contribution in [3.8, 4) is 0 Å². The number of hydrogen-bond donors (Lipinski definition) is 2. The van der Waals surface area contributed by atoms with Gasteiger partial charge < -0.3 is 0 Å². The number of nitrogens with zero attached hydrogens (tertiary/aromatic N) is 1. The number of carbonyl (C=O) groups is 1. The Morgan fingerprint density at radius 1 is 1.12 bits per heavy atom. The Morgan fingerprint density at radius 2 is 1.88 bits per heavy atom. The van der Waals surface area contributed by atoms with E-state index in [2.05, 4.69) is 15.8 Å². The van der Waals surface area contributed by atoms with Gasteiger partial charge in [-0.25, -0.2) is 17.8 Å². The Bertz CT molecular complexity index is 1000. The van der Waals surface area contributed by atoms with Crippen molar-refractivity contribution >= 4 is 42.4 Å². The minimum atomic E-state index is -3.52. The molecule has 0 radical (unpaired) electrons. The van der Waals surface area contributed by atoms with Crippen molar-refractivity contribution in [3.63, 3.8) is 0 Å². The van der Waals surface area contributed by atoms with Crippen LogP contribution in [0.4, 0.5) is 9.52 Å². The first-order valence-electron chi connectivity index (χ1n) is 7.33. The van der Waals surface area contributed by atoms with Crippen LogP contribution >= 0.6 is 11.3 Å². The first-order valence-corrected chi connectivity index (χ1v) is 9.80. The molecule has 6 nitrogen and oxygen atoms in total. The highest BCUT2D eigenvalue weighted by molar-refractivity contribution is 7.91. The van der Waals surface area contributed by atoms with E-state index in [9.17, 15) is 17.6 Å². The maximum Gasteiger partial charge on any atom is 0.239 e. The zero-order valence-electron chi connectivity index (χ0n) is 12.9. The first kappa shape index (κ1) is 17.3. The Hall–Kier alpha value is -2.52. The normalized spacial score (nSPS) is 11.4. The summed E-state index contributed by atoms with van der Waals surface area (Å²) in [5.74, 6) is -1.25. The standard InChI is InChI=1S/C16H14FN3O3S2/c17-12-7-4-8-13-15(12)18-16(24-13)20-19-14(21)9-10-25(22,23)11-5-2-1-3-6-11/h1-8H,9-10H2,(H,18,20)(H,19,21). The van der Waals surface area contributed by atoms with Crippen molar-refractivity contribution in [3.05, 3.63) is 54.3 Å². The van der Waals surface area contributed by atoms with Crippen molar-refractivity contribution in [2.75, 3.05) is 11.2 Å². The van der Waals surface area contributed by atoms with Gasteiger partial charge in [-0.1, -0.05) is 35.6 Å². The summed E-state index contributed by atoms with van der Waals surface area (Å²) in [6.07, 6.45) is -0.205. The number of benzene rings is 2. The van der Waals surface area contributed by atoms with Crippen LogP contribution in [0.15, 0.2) is 53.4 Å². The monoisotopic (exact) mass is 379 g/mol. The van der Waals surface area contributed by atoms with Gasteiger partial charge in [0.15, 0.2) is 9.84 Å². The predicted molar refractivity (Wildman–Crippen MR) is 94.5 cm³/mol. The van der Waals surface area contributed by atoms with Gasteiger partial charge in [-0.2, -0.15) is 0 Å². The van der Waals surface area contributed by atoms with E-state index in [1.807, 2.05) is 0 Å². The number of carbonyl (C=O) groups excluding carboxylic acids is 1. The third kappa shape index (κ3) is 4.12. The zero-order valence-corrected chi connectivity index (χ0v) is 14.5. The maximum atomic E-state index is 13.6. The number of aromatic nitrogens is 1. The number of para-hydroxylation sites is 1. The van der Waals surface area contributed by atoms with Crippen LogP contribution < -0.4 is 10.9 Å². The third-order valence-electron chi connectivity index (χ3n) is 3.38. The lowest BCUT2D eigenvalue weighted by atomic mass is 10.3. The van der Waals surface area contributed by atoms with E-state index in [-0.39, 0.29) is 22.6 Å². The van der Waals surface area contributed by atoms with E-state index in [4.69, 9.17) is 0 Å². The minimum Gasteiger partial charge on any atom is -0.273 e. The molecule has 0 bridgehead atoms. The lowest BCUT2D eigenvalue weighted by Crippen LogP contribution is -2.30. The number of amides is 1. The SMILES string of the molecule is O=C(CCS(=O)(=O)c1ccccc1)NNc1nc2c(F)cccc2s1. The molecular weight excluding hydrogens is 365 g/mol. The molecule has 130 valence electrons. The smallest absolute Gasteiger partial charge is 0.239 e. The fraction of sp³-hybridized carbons (Fsp3) is 0.125. The number of thiazole rings is 1. The Labute approximate surface area is 147 Å². The molecule has 3 rings (SSSR count). The van der Waals surface area contributed by atoms with Gasteiger partial charge in [0.2, 0.25) is 11.0 Å². The average molecular weight is 379 g/mol. The highest BCUT2D eigenvalue weighted by Crippen LogP contribution is 2.26. The molecule has 25 heavy (non-hydrogen) atoms. The van der Waals surface area contributed by atoms with Gasteiger partial charge in [0, 0.05) is 6.42 Å². The topological polar surface area (TPSA) is 88.2 Å². The van der Waals surface area contributed by atoms with Gasteiger partial charge >= 0.3 is 0 Å². The Kier molecular flexibility index (Phi) is 4.95. The number of hydrogen-bond acceptors (Lipinski definition) is 6. The number of fused-ring (bicyclic) bond motifs is 1. The number of sulfone groups is 1. The Balaban J connectivity index is 1.57. The summed E-state index contributed by atoms with van der Waals surface area (Å²) in [4.78, 5) is 16.1. The van der Waals surface area contributed by atoms with Crippen LogP contribution in [0, 0.1) is 5.82 Å². The second-order valence-corrected chi connectivity index (χ2v) is 8.30. The fourth-order valence-corrected chi connectivity index (χ4v) is 4.22. The van der Waals surface area contributed by atoms with E-state index >= 15 is 0 Å². The van der Waals surface area contributed by atoms with Crippen molar-refractivity contribution < 1.29 is 17.6 Å². The summed E-state index contributed by atoms with van der Waals surface area (Å²) >= 11 is 1.18. The Morgan fingerprint density at radius 3 is 2.60 bits per heavy atom. The van der Waals surface area contributed by atoms with Crippen LogP contribution in [-0.4, -0.2) is 25.1 Å². The molecule has 0 aliphatic rings. The van der Waals surface area contributed by atoms with Crippen molar-refractivity contribution in [2.45, 2.75) is 11.3 Å². The van der Waals surface area contributed by atoms with E-state index in [0.29, 0.717) is 9.83 Å². The summed E-state index contributed by atoms with van der Waals surface area (Å²) < 4.78 is 38.4. The van der Waals surface area contributed by atoms with Crippen molar-refractivity contribution in [1.29, 1.82) is 0 Å². The molecule has 1 heterocycles. The first-order chi connectivity index (χ1) is 12.0. The van der Waals surface area contributed by atoms with E-state index in [0.717, 1.165) is 0 Å². The maximum absolute atomic E-state index is 13.6. The van der Waals surface area contributed by atoms with Gasteiger partial charge in [-0.3, -0.25) is 15.6 Å². The molecule has 9 heteroatoms. The molecule has 0 fully saturated rings. The molecule has 2 N–H and O–H groups in total. The number of halogens is 1. The second-order valence-electron chi connectivity index (χ2n) is 5.16. The van der Waals surface area contributed by atoms with E-state index < -0.39 is 21.6 Å². The second kappa shape index (κ2) is 7.16. The number of anilines is 1. The van der Waals surface area contributed by atoms with Gasteiger partial charge in [0.1, 0.15) is 11.3 Å². The summed E-state index contributed by atoms with van der Waals surface area (Å²) in [6.45, 7) is 0. The van der Waals surface area contributed by atoms with Gasteiger partial charge in [0.25, 0.3) is 0 Å². The summed E-state index contributed by atoms with van der Waals surface area (Å²) in [7, 11) is -3.52. The largest absolute Gasteiger partial charge is 0.273 e. The molecule has 0 aliphatic carbocycles. The predicted octanol–water partition coefficient (Wildman–Crippen LogP) is 2.74. The lowest BCUT2D eigenvalue weighted by molar-refractivity contribution is -0.120. The molecule has 0 unspecified atom stereocenters. The molecule has 1 amide bonds. The summed E-state index contributed by atoms with van der Waals surface area (Å²) in [5.41, 5.74) is 5.18. The molecule has 0 saturated heterocycles. The van der Waals surface area contributed by atoms with Crippen molar-refractivity contribution in [2.24, 2.45) is 0 Å². The van der Waals surface area contributed by atoms with Crippen LogP contribution in [0.1, 0.15) is 6.42 Å². The minimum absolute atomic E-state index is 0.178. The van der Waals surface area contributed by atoms with Crippen LogP contribution in [0.3, 0.4) is 0 Å². The summed E-state index contributed by atoms with van der Waals surface area (Å²) in [6, 6.07) is 12.5. The highest BCUT2D eigenvalue weighted by Gasteiger charge is 2.16. The van der Waals surface area contributed by atoms with Gasteiger partial charge in [0.05, 0.1) is 15.3 Å². The zero-order chi connectivity index (χ0) is 17.9. The van der Waals surface area contributed by atoms with E-state index in [1.54, 1.807) is 30.3 Å². The lowest BCUT2D eigenvalue weighted by Gasteiger charge is -2.06. The molecule has 0 saturated carbocycles. The van der Waals surface area contributed by atoms with Crippen molar-refractivity contribution in [1.82, 2.24) is 10.4 Å². The van der Waals surface area contributed by atoms with Crippen LogP contribution in [0.25, 0.3) is 10.2 Å². The summed E-state index contributed by atoms with van der Waals surface area (Å²) in [5, 5.41) is 0.319. The molecule has 0 atom stereocenters. The van der Waals surface area contributed by atoms with E-state index in [1.165, 1.54) is 29.5 Å². The fourth-order valence-electron chi connectivity index (χ4n) is 2.13. The molecule has 0 spiro atoms. The van der Waals surface area contributed by atoms with Gasteiger partial charge in [-0.05, 0) is 24.3 Å². The number of rotatable bonds is 6. The molecule has 1 aromatic heterocycles. The quantitative estimate of drug-likeness (QED) is 0.643. The van der Waals surface area contributed by atoms with Crippen LogP contribution in [0.5, 0.6) is 0 Å². The molecule has 2 aromatic carbocycles. The number of nitrogens with one attached hydrogen (secondary N) is 2. The molecule has 3 aromatic rings. The van der Waals surface area contributed by atoms with Gasteiger partial charge in [-0.15, -0.1) is 0 Å². The molecule has 0 aliphatic heterocycles. The van der Waals surface area contributed by atoms with Crippen LogP contribution in [-0.2, 0) is 14.6 Å². The van der Waals surface area contributed by atoms with Crippen LogP contribution in [0.2, 0.25) is 0 Å².